The Morgan fingerprint density at radius 3 is 2.50 bits per heavy atom. The van der Waals surface area contributed by atoms with Gasteiger partial charge in [0, 0.05) is 26.0 Å². The summed E-state index contributed by atoms with van der Waals surface area (Å²) in [5, 5.41) is 9.36. The molecular weight excluding hydrogens is 310 g/mol. The van der Waals surface area contributed by atoms with Gasteiger partial charge in [-0.1, -0.05) is 12.1 Å². The van der Waals surface area contributed by atoms with Crippen molar-refractivity contribution >= 4 is 18.0 Å². The maximum Gasteiger partial charge on any atom is 0.340 e. The normalized spacial score (nSPS) is 16.2. The molecule has 0 aliphatic carbocycles. The number of nitrogens with zero attached hydrogens (tertiary/aromatic N) is 1. The topological polar surface area (TPSA) is 76.1 Å². The number of carbonyl (C=O) groups is 2. The van der Waals surface area contributed by atoms with E-state index >= 15 is 0 Å². The van der Waals surface area contributed by atoms with Gasteiger partial charge in [0.05, 0.1) is 18.3 Å². The highest BCUT2D eigenvalue weighted by Gasteiger charge is 2.36. The lowest BCUT2D eigenvalue weighted by molar-refractivity contribution is -0.136. The molecule has 1 heterocycles. The Balaban J connectivity index is 2.39. The SMILES string of the molecule is COCCCN1C(=O)/C(=C/c2ccc(O)cc2)C(C(=O)OC)=C1C. The zero-order valence-electron chi connectivity index (χ0n) is 14.0. The van der Waals surface area contributed by atoms with E-state index in [9.17, 15) is 14.7 Å². The van der Waals surface area contributed by atoms with Crippen molar-refractivity contribution in [3.63, 3.8) is 0 Å². The number of aromatic hydroxyl groups is 1. The summed E-state index contributed by atoms with van der Waals surface area (Å²) >= 11 is 0. The number of hydrogen-bond acceptors (Lipinski definition) is 5. The number of methoxy groups -OCH3 is 2. The zero-order valence-corrected chi connectivity index (χ0v) is 14.0. The van der Waals surface area contributed by atoms with Gasteiger partial charge in [0.1, 0.15) is 5.75 Å². The molecule has 2 rings (SSSR count). The van der Waals surface area contributed by atoms with Gasteiger partial charge < -0.3 is 19.5 Å². The van der Waals surface area contributed by atoms with Crippen LogP contribution in [0.1, 0.15) is 18.9 Å². The molecule has 1 aliphatic heterocycles. The number of phenols is 1. The van der Waals surface area contributed by atoms with Gasteiger partial charge >= 0.3 is 5.97 Å². The summed E-state index contributed by atoms with van der Waals surface area (Å²) in [5.74, 6) is -0.645. The number of ether oxygens (including phenoxy) is 2. The Morgan fingerprint density at radius 2 is 1.92 bits per heavy atom. The third kappa shape index (κ3) is 3.65. The highest BCUT2D eigenvalue weighted by molar-refractivity contribution is 6.16. The molecule has 0 atom stereocenters. The molecule has 1 aromatic rings. The number of esters is 1. The summed E-state index contributed by atoms with van der Waals surface area (Å²) in [6.45, 7) is 2.72. The van der Waals surface area contributed by atoms with Gasteiger partial charge in [0.15, 0.2) is 0 Å². The maximum absolute atomic E-state index is 12.7. The van der Waals surface area contributed by atoms with Gasteiger partial charge in [-0.3, -0.25) is 4.79 Å². The molecule has 0 saturated carbocycles. The minimum absolute atomic E-state index is 0.135. The first kappa shape index (κ1) is 17.7. The fourth-order valence-electron chi connectivity index (χ4n) is 2.60. The molecule has 0 unspecified atom stereocenters. The van der Waals surface area contributed by atoms with Gasteiger partial charge in [-0.25, -0.2) is 4.79 Å². The average molecular weight is 331 g/mol. The second-order valence-corrected chi connectivity index (χ2v) is 5.40. The Morgan fingerprint density at radius 1 is 1.25 bits per heavy atom. The molecule has 0 radical (unpaired) electrons. The van der Waals surface area contributed by atoms with E-state index in [-0.39, 0.29) is 17.2 Å². The predicted octanol–water partition coefficient (Wildman–Crippen LogP) is 2.10. The van der Waals surface area contributed by atoms with Gasteiger partial charge in [-0.15, -0.1) is 0 Å². The number of allylic oxidation sites excluding steroid dienone is 1. The number of phenolic OH excluding ortho intramolecular Hbond substituents is 1. The first-order chi connectivity index (χ1) is 11.5. The lowest BCUT2D eigenvalue weighted by Gasteiger charge is -2.17. The number of hydrogen-bond donors (Lipinski definition) is 1. The van der Waals surface area contributed by atoms with Crippen LogP contribution < -0.4 is 0 Å². The smallest absolute Gasteiger partial charge is 0.340 e. The minimum atomic E-state index is -0.542. The van der Waals surface area contributed by atoms with Crippen molar-refractivity contribution in [2.75, 3.05) is 27.4 Å². The van der Waals surface area contributed by atoms with E-state index in [0.717, 1.165) is 0 Å². The van der Waals surface area contributed by atoms with Crippen molar-refractivity contribution in [2.24, 2.45) is 0 Å². The standard InChI is InChI=1S/C18H21NO5/c1-12-16(18(22)24-3)15(11-13-5-7-14(20)8-6-13)17(21)19(12)9-4-10-23-2/h5-8,11,20H,4,9-10H2,1-3H3/b15-11+. The quantitative estimate of drug-likeness (QED) is 0.491. The fraction of sp³-hybridized carbons (Fsp3) is 0.333. The number of benzene rings is 1. The van der Waals surface area contributed by atoms with Crippen molar-refractivity contribution in [2.45, 2.75) is 13.3 Å². The molecule has 0 aromatic heterocycles. The van der Waals surface area contributed by atoms with Crippen LogP contribution in [0.5, 0.6) is 5.75 Å². The molecule has 0 fully saturated rings. The summed E-state index contributed by atoms with van der Waals surface area (Å²) < 4.78 is 9.85. The summed E-state index contributed by atoms with van der Waals surface area (Å²) in [5.41, 5.74) is 1.85. The average Bonchev–Trinajstić information content (AvgIpc) is 2.80. The van der Waals surface area contributed by atoms with Crippen LogP contribution >= 0.6 is 0 Å². The maximum atomic E-state index is 12.7. The molecular formula is C18H21NO5. The Bertz CT molecular complexity index is 688. The van der Waals surface area contributed by atoms with Crippen LogP contribution in [0.15, 0.2) is 41.1 Å². The number of rotatable bonds is 6. The van der Waals surface area contributed by atoms with Crippen molar-refractivity contribution in [1.82, 2.24) is 4.90 Å². The Kier molecular flexibility index (Phi) is 5.76. The molecule has 1 N–H and O–H groups in total. The minimum Gasteiger partial charge on any atom is -0.508 e. The van der Waals surface area contributed by atoms with Crippen LogP contribution in [0.2, 0.25) is 0 Å². The van der Waals surface area contributed by atoms with Crippen molar-refractivity contribution < 1.29 is 24.2 Å². The van der Waals surface area contributed by atoms with Gasteiger partial charge in [0.25, 0.3) is 5.91 Å². The van der Waals surface area contributed by atoms with Crippen molar-refractivity contribution in [3.05, 3.63) is 46.7 Å². The van der Waals surface area contributed by atoms with Crippen LogP contribution in [0.25, 0.3) is 6.08 Å². The first-order valence-corrected chi connectivity index (χ1v) is 7.60. The summed E-state index contributed by atoms with van der Waals surface area (Å²) in [6, 6.07) is 6.40. The van der Waals surface area contributed by atoms with E-state index in [2.05, 4.69) is 0 Å². The lowest BCUT2D eigenvalue weighted by Crippen LogP contribution is -2.26. The van der Waals surface area contributed by atoms with Gasteiger partial charge in [-0.2, -0.15) is 0 Å². The van der Waals surface area contributed by atoms with Crippen LogP contribution in [-0.4, -0.2) is 49.3 Å². The van der Waals surface area contributed by atoms with E-state index in [1.807, 2.05) is 0 Å². The summed E-state index contributed by atoms with van der Waals surface area (Å²) in [6.07, 6.45) is 2.30. The molecule has 0 saturated heterocycles. The molecule has 24 heavy (non-hydrogen) atoms. The van der Waals surface area contributed by atoms with Gasteiger partial charge in [0.2, 0.25) is 0 Å². The highest BCUT2D eigenvalue weighted by atomic mass is 16.5. The molecule has 0 bridgehead atoms. The predicted molar refractivity (Wildman–Crippen MR) is 89.0 cm³/mol. The molecule has 1 aliphatic rings. The van der Waals surface area contributed by atoms with Gasteiger partial charge in [-0.05, 0) is 37.1 Å². The number of carbonyl (C=O) groups excluding carboxylic acids is 2. The van der Waals surface area contributed by atoms with E-state index in [1.54, 1.807) is 37.1 Å². The van der Waals surface area contributed by atoms with Crippen LogP contribution in [0, 0.1) is 0 Å². The van der Waals surface area contributed by atoms with Crippen molar-refractivity contribution in [3.8, 4) is 5.75 Å². The third-order valence-electron chi connectivity index (χ3n) is 3.84. The van der Waals surface area contributed by atoms with E-state index < -0.39 is 5.97 Å². The Labute approximate surface area is 141 Å². The highest BCUT2D eigenvalue weighted by Crippen LogP contribution is 2.31. The molecule has 1 amide bonds. The lowest BCUT2D eigenvalue weighted by atomic mass is 10.0. The molecule has 6 heteroatoms. The first-order valence-electron chi connectivity index (χ1n) is 7.60. The molecule has 0 spiro atoms. The zero-order chi connectivity index (χ0) is 17.7. The number of amides is 1. The van der Waals surface area contributed by atoms with Crippen LogP contribution in [-0.2, 0) is 19.1 Å². The largest absolute Gasteiger partial charge is 0.508 e. The second-order valence-electron chi connectivity index (χ2n) is 5.40. The van der Waals surface area contributed by atoms with E-state index in [0.29, 0.717) is 36.4 Å². The third-order valence-corrected chi connectivity index (χ3v) is 3.84. The van der Waals surface area contributed by atoms with E-state index in [1.165, 1.54) is 19.2 Å². The molecule has 6 nitrogen and oxygen atoms in total. The van der Waals surface area contributed by atoms with Crippen molar-refractivity contribution in [1.29, 1.82) is 0 Å². The monoisotopic (exact) mass is 331 g/mol. The summed E-state index contributed by atoms with van der Waals surface area (Å²) in [4.78, 5) is 26.4. The van der Waals surface area contributed by atoms with Crippen LogP contribution in [0.3, 0.4) is 0 Å². The second kappa shape index (κ2) is 7.79. The van der Waals surface area contributed by atoms with Crippen LogP contribution in [0.4, 0.5) is 0 Å². The Hall–Kier alpha value is -2.60. The molecule has 128 valence electrons. The molecule has 1 aromatic carbocycles. The van der Waals surface area contributed by atoms with E-state index in [4.69, 9.17) is 9.47 Å². The fourth-order valence-corrected chi connectivity index (χ4v) is 2.60. The summed E-state index contributed by atoms with van der Waals surface area (Å²) in [7, 11) is 2.89.